The maximum Gasteiger partial charge on any atom is 0.337 e. The van der Waals surface area contributed by atoms with Crippen LogP contribution in [0.2, 0.25) is 0 Å². The fourth-order valence-electron chi connectivity index (χ4n) is 2.89. The van der Waals surface area contributed by atoms with Crippen molar-refractivity contribution >= 4 is 38.5 Å². The van der Waals surface area contributed by atoms with Crippen molar-refractivity contribution in [3.05, 3.63) is 66.2 Å². The third kappa shape index (κ3) is 1.68. The van der Waals surface area contributed by atoms with E-state index in [1.807, 2.05) is 60.7 Å². The van der Waals surface area contributed by atoms with E-state index in [1.54, 1.807) is 0 Å². The Balaban J connectivity index is 2.36. The molecule has 1 aromatic heterocycles. The highest BCUT2D eigenvalue weighted by atomic mass is 16.4. The first-order valence-corrected chi connectivity index (χ1v) is 6.69. The Morgan fingerprint density at radius 2 is 1.52 bits per heavy atom. The van der Waals surface area contributed by atoms with E-state index < -0.39 is 5.97 Å². The molecule has 0 bridgehead atoms. The van der Waals surface area contributed by atoms with E-state index in [1.165, 1.54) is 0 Å². The number of para-hydroxylation sites is 1. The quantitative estimate of drug-likeness (QED) is 0.417. The third-order valence-electron chi connectivity index (χ3n) is 3.79. The molecule has 0 aliphatic heterocycles. The molecule has 0 aliphatic carbocycles. The lowest BCUT2D eigenvalue weighted by atomic mass is 9.97. The number of hydrogen-bond acceptors (Lipinski definition) is 2. The molecule has 0 amide bonds. The topological polar surface area (TPSA) is 50.2 Å². The van der Waals surface area contributed by atoms with Gasteiger partial charge in [0.05, 0.1) is 16.6 Å². The van der Waals surface area contributed by atoms with Gasteiger partial charge in [-0.3, -0.25) is 0 Å². The second-order valence-electron chi connectivity index (χ2n) is 4.99. The lowest BCUT2D eigenvalue weighted by Crippen LogP contribution is -2.01. The first kappa shape index (κ1) is 11.9. The van der Waals surface area contributed by atoms with E-state index in [0.717, 1.165) is 10.8 Å². The van der Waals surface area contributed by atoms with Gasteiger partial charge in [0.2, 0.25) is 0 Å². The largest absolute Gasteiger partial charge is 0.478 e. The molecule has 0 atom stereocenters. The molecule has 4 aromatic rings. The number of hydrogen-bond donors (Lipinski definition) is 1. The Morgan fingerprint density at radius 1 is 0.810 bits per heavy atom. The van der Waals surface area contributed by atoms with Crippen LogP contribution < -0.4 is 0 Å². The van der Waals surface area contributed by atoms with E-state index in [2.05, 4.69) is 4.98 Å². The van der Waals surface area contributed by atoms with Crippen LogP contribution in [0.15, 0.2) is 60.7 Å². The van der Waals surface area contributed by atoms with Gasteiger partial charge in [-0.2, -0.15) is 0 Å². The van der Waals surface area contributed by atoms with Gasteiger partial charge >= 0.3 is 5.97 Å². The van der Waals surface area contributed by atoms with Gasteiger partial charge < -0.3 is 5.11 Å². The highest BCUT2D eigenvalue weighted by Crippen LogP contribution is 2.31. The number of aromatic carboxylic acids is 1. The van der Waals surface area contributed by atoms with Crippen LogP contribution in [0, 0.1) is 0 Å². The van der Waals surface area contributed by atoms with Crippen LogP contribution in [0.5, 0.6) is 0 Å². The minimum atomic E-state index is -0.921. The molecule has 100 valence electrons. The summed E-state index contributed by atoms with van der Waals surface area (Å²) in [5.74, 6) is -0.921. The molecular formula is C18H11NO2. The van der Waals surface area contributed by atoms with Crippen LogP contribution in [-0.2, 0) is 0 Å². The molecule has 4 rings (SSSR count). The van der Waals surface area contributed by atoms with Crippen molar-refractivity contribution < 1.29 is 9.90 Å². The van der Waals surface area contributed by atoms with E-state index in [0.29, 0.717) is 27.4 Å². The van der Waals surface area contributed by atoms with Crippen LogP contribution in [0.3, 0.4) is 0 Å². The standard InChI is InChI=1S/C18H11NO2/c20-18(21)17-13-7-3-4-8-14(13)19-15-10-9-11-5-1-2-6-12(11)16(15)17/h1-10H,(H,20,21). The molecule has 0 aliphatic rings. The molecule has 3 aromatic carbocycles. The minimum absolute atomic E-state index is 0.326. The second kappa shape index (κ2) is 4.28. The highest BCUT2D eigenvalue weighted by molar-refractivity contribution is 6.21. The fraction of sp³-hybridized carbons (Fsp3) is 0. The number of fused-ring (bicyclic) bond motifs is 4. The number of carboxylic acid groups (broad SMARTS) is 1. The SMILES string of the molecule is O=C(O)c1c2ccccc2nc2ccc3ccccc3c12. The zero-order valence-corrected chi connectivity index (χ0v) is 11.1. The van der Waals surface area contributed by atoms with Crippen LogP contribution in [-0.4, -0.2) is 16.1 Å². The van der Waals surface area contributed by atoms with Gasteiger partial charge in [0.25, 0.3) is 0 Å². The minimum Gasteiger partial charge on any atom is -0.478 e. The number of pyridine rings is 1. The van der Waals surface area contributed by atoms with Gasteiger partial charge in [-0.25, -0.2) is 9.78 Å². The number of rotatable bonds is 1. The summed E-state index contributed by atoms with van der Waals surface area (Å²) in [5.41, 5.74) is 1.75. The molecule has 1 heterocycles. The van der Waals surface area contributed by atoms with Crippen molar-refractivity contribution in [2.45, 2.75) is 0 Å². The number of carboxylic acids is 1. The molecule has 0 unspecified atom stereocenters. The van der Waals surface area contributed by atoms with E-state index in [-0.39, 0.29) is 0 Å². The molecule has 0 radical (unpaired) electrons. The molecule has 1 N–H and O–H groups in total. The fourth-order valence-corrected chi connectivity index (χ4v) is 2.89. The average Bonchev–Trinajstić information content (AvgIpc) is 2.52. The first-order chi connectivity index (χ1) is 10.3. The number of aromatic nitrogens is 1. The Hall–Kier alpha value is -2.94. The average molecular weight is 273 g/mol. The van der Waals surface area contributed by atoms with Crippen LogP contribution in [0.1, 0.15) is 10.4 Å². The molecule has 0 fully saturated rings. The van der Waals surface area contributed by atoms with Crippen LogP contribution >= 0.6 is 0 Å². The molecule has 3 heteroatoms. The van der Waals surface area contributed by atoms with Gasteiger partial charge in [-0.15, -0.1) is 0 Å². The van der Waals surface area contributed by atoms with E-state index in [9.17, 15) is 9.90 Å². The Labute approximate surface area is 120 Å². The lowest BCUT2D eigenvalue weighted by molar-refractivity contribution is 0.0701. The third-order valence-corrected chi connectivity index (χ3v) is 3.79. The van der Waals surface area contributed by atoms with Gasteiger partial charge in [0.1, 0.15) is 0 Å². The predicted molar refractivity (Wildman–Crippen MR) is 83.7 cm³/mol. The zero-order chi connectivity index (χ0) is 14.4. The van der Waals surface area contributed by atoms with E-state index >= 15 is 0 Å². The number of carbonyl (C=O) groups is 1. The highest BCUT2D eigenvalue weighted by Gasteiger charge is 2.16. The maximum atomic E-state index is 11.8. The molecule has 3 nitrogen and oxygen atoms in total. The molecule has 0 spiro atoms. The molecule has 0 saturated heterocycles. The second-order valence-corrected chi connectivity index (χ2v) is 4.99. The molecular weight excluding hydrogens is 262 g/mol. The Bertz CT molecular complexity index is 1020. The lowest BCUT2D eigenvalue weighted by Gasteiger charge is -2.10. The summed E-state index contributed by atoms with van der Waals surface area (Å²) in [6.45, 7) is 0. The summed E-state index contributed by atoms with van der Waals surface area (Å²) in [6.07, 6.45) is 0. The summed E-state index contributed by atoms with van der Waals surface area (Å²) in [6, 6.07) is 19.0. The summed E-state index contributed by atoms with van der Waals surface area (Å²) in [7, 11) is 0. The van der Waals surface area contributed by atoms with Crippen molar-refractivity contribution in [3.8, 4) is 0 Å². The zero-order valence-electron chi connectivity index (χ0n) is 11.1. The van der Waals surface area contributed by atoms with Crippen LogP contribution in [0.4, 0.5) is 0 Å². The Kier molecular flexibility index (Phi) is 2.42. The Morgan fingerprint density at radius 3 is 2.33 bits per heavy atom. The maximum absolute atomic E-state index is 11.8. The summed E-state index contributed by atoms with van der Waals surface area (Å²) >= 11 is 0. The molecule has 0 saturated carbocycles. The monoisotopic (exact) mass is 273 g/mol. The molecule has 21 heavy (non-hydrogen) atoms. The summed E-state index contributed by atoms with van der Waals surface area (Å²) in [5, 5.41) is 13.0. The summed E-state index contributed by atoms with van der Waals surface area (Å²) < 4.78 is 0. The number of benzene rings is 3. The summed E-state index contributed by atoms with van der Waals surface area (Å²) in [4.78, 5) is 16.5. The van der Waals surface area contributed by atoms with Gasteiger partial charge in [-0.05, 0) is 22.9 Å². The number of nitrogens with zero attached hydrogens (tertiary/aromatic N) is 1. The van der Waals surface area contributed by atoms with Crippen molar-refractivity contribution in [1.29, 1.82) is 0 Å². The van der Waals surface area contributed by atoms with Crippen molar-refractivity contribution in [2.24, 2.45) is 0 Å². The smallest absolute Gasteiger partial charge is 0.337 e. The van der Waals surface area contributed by atoms with Crippen molar-refractivity contribution in [2.75, 3.05) is 0 Å². The van der Waals surface area contributed by atoms with E-state index in [4.69, 9.17) is 0 Å². The van der Waals surface area contributed by atoms with Gasteiger partial charge in [0, 0.05) is 10.8 Å². The van der Waals surface area contributed by atoms with Gasteiger partial charge in [0.15, 0.2) is 0 Å². The van der Waals surface area contributed by atoms with Gasteiger partial charge in [-0.1, -0.05) is 48.5 Å². The van der Waals surface area contributed by atoms with Crippen LogP contribution in [0.25, 0.3) is 32.6 Å². The first-order valence-electron chi connectivity index (χ1n) is 6.69. The predicted octanol–water partition coefficient (Wildman–Crippen LogP) is 4.24. The normalized spacial score (nSPS) is 11.2. The van der Waals surface area contributed by atoms with Crippen molar-refractivity contribution in [1.82, 2.24) is 4.98 Å². The van der Waals surface area contributed by atoms with Crippen molar-refractivity contribution in [3.63, 3.8) is 0 Å².